The molecule has 0 aromatic heterocycles. The third-order valence-electron chi connectivity index (χ3n) is 4.00. The minimum Gasteiger partial charge on any atom is -0.480 e. The number of hydrogen-bond acceptors (Lipinski definition) is 6. The Balaban J connectivity index is 2.92. The molecule has 0 fully saturated rings. The van der Waals surface area contributed by atoms with Crippen molar-refractivity contribution in [3.8, 4) is 0 Å². The first-order valence-corrected chi connectivity index (χ1v) is 8.71. The summed E-state index contributed by atoms with van der Waals surface area (Å²) in [5.41, 5.74) is 11.5. The maximum Gasteiger partial charge on any atom is 0.328 e. The number of hydrogen-bond donors (Lipinski definition) is 6. The van der Waals surface area contributed by atoms with Gasteiger partial charge in [0.25, 0.3) is 0 Å². The van der Waals surface area contributed by atoms with Crippen LogP contribution in [-0.4, -0.2) is 58.1 Å². The standard InChI is InChI=1S/C18H26N4O6/c1-10(23)15(18(27)28)22-17(26)13(9-11-5-3-2-4-6-11)21-16(25)12(19)7-8-14(20)24/h2-6,10,12-13,15,23H,7-9,19H2,1H3,(H2,20,24)(H,21,25)(H,22,26)(H,27,28)/t10-,12+,13+,15+/m1/s1. The van der Waals surface area contributed by atoms with E-state index < -0.39 is 47.9 Å². The van der Waals surface area contributed by atoms with Crippen LogP contribution in [-0.2, 0) is 25.6 Å². The maximum atomic E-state index is 12.6. The van der Waals surface area contributed by atoms with Crippen LogP contribution in [0.15, 0.2) is 30.3 Å². The van der Waals surface area contributed by atoms with Crippen molar-refractivity contribution in [1.82, 2.24) is 10.6 Å². The molecule has 0 saturated carbocycles. The van der Waals surface area contributed by atoms with Crippen LogP contribution < -0.4 is 22.1 Å². The van der Waals surface area contributed by atoms with E-state index in [9.17, 15) is 24.3 Å². The zero-order valence-corrected chi connectivity index (χ0v) is 15.5. The Kier molecular flexibility index (Phi) is 9.06. The fourth-order valence-electron chi connectivity index (χ4n) is 2.41. The Bertz CT molecular complexity index is 695. The lowest BCUT2D eigenvalue weighted by Crippen LogP contribution is -2.57. The highest BCUT2D eigenvalue weighted by Gasteiger charge is 2.30. The number of carbonyl (C=O) groups is 4. The molecule has 0 aliphatic carbocycles. The van der Waals surface area contributed by atoms with Gasteiger partial charge >= 0.3 is 5.97 Å². The minimum atomic E-state index is -1.54. The molecule has 0 unspecified atom stereocenters. The Morgan fingerprint density at radius 1 is 1.07 bits per heavy atom. The van der Waals surface area contributed by atoms with Gasteiger partial charge in [0.1, 0.15) is 6.04 Å². The van der Waals surface area contributed by atoms with E-state index in [0.29, 0.717) is 0 Å². The van der Waals surface area contributed by atoms with Gasteiger partial charge < -0.3 is 32.3 Å². The lowest BCUT2D eigenvalue weighted by Gasteiger charge is -2.24. The molecule has 4 atom stereocenters. The van der Waals surface area contributed by atoms with Gasteiger partial charge in [-0.3, -0.25) is 14.4 Å². The van der Waals surface area contributed by atoms with E-state index in [-0.39, 0.29) is 19.3 Å². The number of rotatable bonds is 11. The monoisotopic (exact) mass is 394 g/mol. The van der Waals surface area contributed by atoms with Crippen LogP contribution >= 0.6 is 0 Å². The molecule has 0 heterocycles. The molecule has 3 amide bonds. The first-order valence-electron chi connectivity index (χ1n) is 8.71. The molecule has 10 heteroatoms. The van der Waals surface area contributed by atoms with Gasteiger partial charge in [-0.05, 0) is 18.9 Å². The van der Waals surface area contributed by atoms with Gasteiger partial charge in [0.05, 0.1) is 12.1 Å². The SMILES string of the molecule is C[C@@H](O)[C@H](NC(=O)[C@H](Cc1ccccc1)NC(=O)[C@@H](N)CCC(N)=O)C(=O)O. The molecule has 28 heavy (non-hydrogen) atoms. The molecule has 1 aromatic rings. The van der Waals surface area contributed by atoms with Crippen molar-refractivity contribution in [3.05, 3.63) is 35.9 Å². The lowest BCUT2D eigenvalue weighted by atomic mass is 10.0. The van der Waals surface area contributed by atoms with Gasteiger partial charge in [-0.2, -0.15) is 0 Å². The van der Waals surface area contributed by atoms with E-state index in [4.69, 9.17) is 16.6 Å². The van der Waals surface area contributed by atoms with Crippen molar-refractivity contribution in [2.75, 3.05) is 0 Å². The second-order valence-corrected chi connectivity index (χ2v) is 6.43. The number of nitrogens with one attached hydrogen (secondary N) is 2. The molecule has 0 aliphatic heterocycles. The highest BCUT2D eigenvalue weighted by atomic mass is 16.4. The van der Waals surface area contributed by atoms with Crippen molar-refractivity contribution in [3.63, 3.8) is 0 Å². The molecule has 0 spiro atoms. The zero-order valence-electron chi connectivity index (χ0n) is 15.5. The molecule has 0 bridgehead atoms. The number of carboxylic acid groups (broad SMARTS) is 1. The number of aliphatic hydroxyl groups is 1. The third-order valence-corrected chi connectivity index (χ3v) is 4.00. The van der Waals surface area contributed by atoms with Crippen LogP contribution in [0.2, 0.25) is 0 Å². The third kappa shape index (κ3) is 7.72. The Morgan fingerprint density at radius 2 is 1.68 bits per heavy atom. The van der Waals surface area contributed by atoms with E-state index in [1.54, 1.807) is 30.3 Å². The highest BCUT2D eigenvalue weighted by molar-refractivity contribution is 5.92. The predicted molar refractivity (Wildman–Crippen MR) is 99.7 cm³/mol. The van der Waals surface area contributed by atoms with Crippen molar-refractivity contribution >= 4 is 23.7 Å². The molecule has 0 saturated heterocycles. The molecule has 10 nitrogen and oxygen atoms in total. The van der Waals surface area contributed by atoms with Crippen molar-refractivity contribution in [2.24, 2.45) is 11.5 Å². The summed E-state index contributed by atoms with van der Waals surface area (Å²) in [5, 5.41) is 23.4. The predicted octanol–water partition coefficient (Wildman–Crippen LogP) is -1.74. The summed E-state index contributed by atoms with van der Waals surface area (Å²) in [6.45, 7) is 1.23. The van der Waals surface area contributed by atoms with E-state index in [1.807, 2.05) is 0 Å². The summed E-state index contributed by atoms with van der Waals surface area (Å²) in [5.74, 6) is -3.48. The van der Waals surface area contributed by atoms with Crippen LogP contribution in [0.3, 0.4) is 0 Å². The Labute approximate surface area is 162 Å². The van der Waals surface area contributed by atoms with Crippen LogP contribution in [0.4, 0.5) is 0 Å². The van der Waals surface area contributed by atoms with Gasteiger partial charge in [0.15, 0.2) is 6.04 Å². The largest absolute Gasteiger partial charge is 0.480 e. The summed E-state index contributed by atoms with van der Waals surface area (Å²) < 4.78 is 0. The Hall–Kier alpha value is -2.98. The van der Waals surface area contributed by atoms with Gasteiger partial charge in [-0.15, -0.1) is 0 Å². The minimum absolute atomic E-state index is 0.00622. The Morgan fingerprint density at radius 3 is 2.18 bits per heavy atom. The van der Waals surface area contributed by atoms with E-state index in [2.05, 4.69) is 10.6 Å². The molecule has 8 N–H and O–H groups in total. The number of carboxylic acids is 1. The summed E-state index contributed by atoms with van der Waals surface area (Å²) in [4.78, 5) is 46.9. The van der Waals surface area contributed by atoms with E-state index in [1.165, 1.54) is 6.92 Å². The number of aliphatic carboxylic acids is 1. The van der Waals surface area contributed by atoms with Crippen LogP contribution in [0.25, 0.3) is 0 Å². The lowest BCUT2D eigenvalue weighted by molar-refractivity contribution is -0.145. The molecule has 0 aliphatic rings. The second-order valence-electron chi connectivity index (χ2n) is 6.43. The fourth-order valence-corrected chi connectivity index (χ4v) is 2.41. The van der Waals surface area contributed by atoms with Crippen molar-refractivity contribution in [2.45, 2.75) is 50.4 Å². The molecule has 0 radical (unpaired) electrons. The first kappa shape index (κ1) is 23.1. The quantitative estimate of drug-likeness (QED) is 0.257. The first-order chi connectivity index (χ1) is 13.1. The maximum absolute atomic E-state index is 12.6. The summed E-state index contributed by atoms with van der Waals surface area (Å²) in [6, 6.07) is 5.03. The number of primary amides is 1. The number of carbonyl (C=O) groups excluding carboxylic acids is 3. The van der Waals surface area contributed by atoms with Gasteiger partial charge in [-0.1, -0.05) is 30.3 Å². The average Bonchev–Trinajstić information content (AvgIpc) is 2.63. The van der Waals surface area contributed by atoms with E-state index >= 15 is 0 Å². The number of benzene rings is 1. The summed E-state index contributed by atoms with van der Waals surface area (Å²) in [6.07, 6.45) is -1.35. The average molecular weight is 394 g/mol. The van der Waals surface area contributed by atoms with Gasteiger partial charge in [0.2, 0.25) is 17.7 Å². The zero-order chi connectivity index (χ0) is 21.3. The number of aliphatic hydroxyl groups excluding tert-OH is 1. The number of nitrogens with two attached hydrogens (primary N) is 2. The van der Waals surface area contributed by atoms with Crippen LogP contribution in [0.5, 0.6) is 0 Å². The van der Waals surface area contributed by atoms with Crippen molar-refractivity contribution < 1.29 is 29.4 Å². The molecule has 154 valence electrons. The van der Waals surface area contributed by atoms with Crippen molar-refractivity contribution in [1.29, 1.82) is 0 Å². The smallest absolute Gasteiger partial charge is 0.328 e. The van der Waals surface area contributed by atoms with Crippen LogP contribution in [0, 0.1) is 0 Å². The summed E-state index contributed by atoms with van der Waals surface area (Å²) >= 11 is 0. The molecular weight excluding hydrogens is 368 g/mol. The van der Waals surface area contributed by atoms with E-state index in [0.717, 1.165) is 5.56 Å². The van der Waals surface area contributed by atoms with Crippen LogP contribution in [0.1, 0.15) is 25.3 Å². The highest BCUT2D eigenvalue weighted by Crippen LogP contribution is 2.06. The number of amides is 3. The van der Waals surface area contributed by atoms with Gasteiger partial charge in [0, 0.05) is 12.8 Å². The normalized spacial score (nSPS) is 15.0. The molecule has 1 aromatic carbocycles. The molecule has 1 rings (SSSR count). The fraction of sp³-hybridized carbons (Fsp3) is 0.444. The summed E-state index contributed by atoms with van der Waals surface area (Å²) in [7, 11) is 0. The van der Waals surface area contributed by atoms with Gasteiger partial charge in [-0.25, -0.2) is 4.79 Å². The second kappa shape index (κ2) is 11.0. The molecular formula is C18H26N4O6. The topological polar surface area (TPSA) is 185 Å².